The molecule has 3 aromatic rings. The molecule has 0 saturated carbocycles. The number of nitrogens with zero attached hydrogens (tertiary/aromatic N) is 4. The Kier molecular flexibility index (Phi) is 5.48. The molecular weight excluding hydrogens is 402 g/mol. The predicted octanol–water partition coefficient (Wildman–Crippen LogP) is 3.68. The predicted molar refractivity (Wildman–Crippen MR) is 107 cm³/mol. The van der Waals surface area contributed by atoms with Gasteiger partial charge in [-0.3, -0.25) is 14.7 Å². The van der Waals surface area contributed by atoms with E-state index in [-0.39, 0.29) is 11.6 Å². The third kappa shape index (κ3) is 4.73. The molecule has 0 atom stereocenters. The first kappa shape index (κ1) is 20.0. The van der Waals surface area contributed by atoms with Crippen LogP contribution in [0.15, 0.2) is 30.7 Å². The molecule has 28 heavy (non-hydrogen) atoms. The maximum atomic E-state index is 11.7. The Morgan fingerprint density at radius 3 is 2.46 bits per heavy atom. The molecule has 0 aliphatic rings. The summed E-state index contributed by atoms with van der Waals surface area (Å²) in [4.78, 5) is 17.0. The van der Waals surface area contributed by atoms with E-state index < -0.39 is 10.0 Å². The van der Waals surface area contributed by atoms with E-state index in [0.717, 1.165) is 17.5 Å². The molecule has 10 heteroatoms. The summed E-state index contributed by atoms with van der Waals surface area (Å²) < 4.78 is 31.8. The first-order valence-corrected chi connectivity index (χ1v) is 10.5. The van der Waals surface area contributed by atoms with E-state index in [4.69, 9.17) is 16.3 Å². The zero-order valence-electron chi connectivity index (χ0n) is 15.7. The van der Waals surface area contributed by atoms with Crippen molar-refractivity contribution in [3.05, 3.63) is 52.7 Å². The minimum atomic E-state index is -3.56. The Labute approximate surface area is 168 Å². The van der Waals surface area contributed by atoms with Gasteiger partial charge < -0.3 is 4.74 Å². The minimum Gasteiger partial charge on any atom is -0.435 e. The maximum absolute atomic E-state index is 11.7. The highest BCUT2D eigenvalue weighted by Gasteiger charge is 2.17. The van der Waals surface area contributed by atoms with Gasteiger partial charge in [-0.1, -0.05) is 11.6 Å². The highest BCUT2D eigenvalue weighted by Crippen LogP contribution is 2.33. The standard InChI is InChI=1S/C18H18ClN5O3S/c1-10-5-11(2)22-12(3)16(10)27-18-15(24-28(4,25)26)9-21-17(23-18)13-6-14(19)8-20-7-13/h5-9,24H,1-4H3. The first-order chi connectivity index (χ1) is 13.1. The molecule has 0 unspecified atom stereocenters. The van der Waals surface area contributed by atoms with Crippen molar-refractivity contribution in [1.82, 2.24) is 19.9 Å². The summed E-state index contributed by atoms with van der Waals surface area (Å²) in [5.74, 6) is 0.836. The molecule has 0 aliphatic heterocycles. The largest absolute Gasteiger partial charge is 0.435 e. The molecule has 146 valence electrons. The molecule has 0 saturated heterocycles. The fourth-order valence-electron chi connectivity index (χ4n) is 2.65. The Morgan fingerprint density at radius 1 is 1.07 bits per heavy atom. The second-order valence-electron chi connectivity index (χ2n) is 6.28. The number of nitrogens with one attached hydrogen (secondary N) is 1. The van der Waals surface area contributed by atoms with Gasteiger partial charge in [0.25, 0.3) is 0 Å². The molecule has 0 aromatic carbocycles. The summed E-state index contributed by atoms with van der Waals surface area (Å²) in [6.45, 7) is 5.57. The molecule has 0 radical (unpaired) electrons. The van der Waals surface area contributed by atoms with E-state index in [1.165, 1.54) is 12.4 Å². The summed E-state index contributed by atoms with van der Waals surface area (Å²) in [5, 5.41) is 0.427. The van der Waals surface area contributed by atoms with Gasteiger partial charge in [0.15, 0.2) is 11.6 Å². The van der Waals surface area contributed by atoms with E-state index in [2.05, 4.69) is 24.7 Å². The van der Waals surface area contributed by atoms with Crippen LogP contribution in [0.5, 0.6) is 11.6 Å². The second kappa shape index (κ2) is 7.69. The van der Waals surface area contributed by atoms with Gasteiger partial charge >= 0.3 is 0 Å². The molecule has 3 heterocycles. The monoisotopic (exact) mass is 419 g/mol. The molecule has 0 fully saturated rings. The van der Waals surface area contributed by atoms with Crippen molar-refractivity contribution >= 4 is 27.3 Å². The summed E-state index contributed by atoms with van der Waals surface area (Å²) in [5.41, 5.74) is 3.04. The Bertz CT molecular complexity index is 1130. The number of anilines is 1. The lowest BCUT2D eigenvalue weighted by Gasteiger charge is -2.15. The zero-order chi connectivity index (χ0) is 20.5. The number of ether oxygens (including phenoxy) is 1. The van der Waals surface area contributed by atoms with Crippen molar-refractivity contribution in [3.8, 4) is 23.0 Å². The highest BCUT2D eigenvalue weighted by molar-refractivity contribution is 7.92. The average molecular weight is 420 g/mol. The molecule has 0 aliphatic carbocycles. The van der Waals surface area contributed by atoms with Crippen molar-refractivity contribution in [2.75, 3.05) is 11.0 Å². The topological polar surface area (TPSA) is 107 Å². The van der Waals surface area contributed by atoms with Crippen LogP contribution in [0.4, 0.5) is 5.69 Å². The first-order valence-electron chi connectivity index (χ1n) is 8.21. The summed E-state index contributed by atoms with van der Waals surface area (Å²) in [6.07, 6.45) is 5.42. The van der Waals surface area contributed by atoms with Gasteiger partial charge in [0.2, 0.25) is 15.9 Å². The molecule has 3 rings (SSSR count). The van der Waals surface area contributed by atoms with Crippen molar-refractivity contribution in [2.45, 2.75) is 20.8 Å². The number of aromatic nitrogens is 4. The van der Waals surface area contributed by atoms with Gasteiger partial charge in [0.1, 0.15) is 5.69 Å². The van der Waals surface area contributed by atoms with Crippen molar-refractivity contribution < 1.29 is 13.2 Å². The second-order valence-corrected chi connectivity index (χ2v) is 8.46. The Balaban J connectivity index is 2.11. The average Bonchev–Trinajstić information content (AvgIpc) is 2.58. The van der Waals surface area contributed by atoms with Crippen LogP contribution in [0.1, 0.15) is 17.0 Å². The SMILES string of the molecule is Cc1cc(C)c(Oc2nc(-c3cncc(Cl)c3)ncc2NS(C)(=O)=O)c(C)n1. The molecule has 0 spiro atoms. The zero-order valence-corrected chi connectivity index (χ0v) is 17.3. The Hall–Kier alpha value is -2.78. The lowest BCUT2D eigenvalue weighted by atomic mass is 10.2. The van der Waals surface area contributed by atoms with Gasteiger partial charge in [0, 0.05) is 23.7 Å². The van der Waals surface area contributed by atoms with Crippen molar-refractivity contribution in [2.24, 2.45) is 0 Å². The minimum absolute atomic E-state index is 0.0484. The van der Waals surface area contributed by atoms with Gasteiger partial charge in [-0.25, -0.2) is 13.4 Å². The number of pyridine rings is 2. The number of rotatable bonds is 5. The third-order valence-corrected chi connectivity index (χ3v) is 4.46. The highest BCUT2D eigenvalue weighted by atomic mass is 35.5. The number of aryl methyl sites for hydroxylation is 3. The molecule has 3 aromatic heterocycles. The van der Waals surface area contributed by atoms with E-state index in [9.17, 15) is 8.42 Å². The van der Waals surface area contributed by atoms with E-state index in [1.54, 1.807) is 12.3 Å². The summed E-state index contributed by atoms with van der Waals surface area (Å²) in [7, 11) is -3.56. The van der Waals surface area contributed by atoms with Gasteiger partial charge in [-0.15, -0.1) is 0 Å². The van der Waals surface area contributed by atoms with Gasteiger partial charge in [-0.2, -0.15) is 4.98 Å². The van der Waals surface area contributed by atoms with Crippen LogP contribution in [0.2, 0.25) is 5.02 Å². The van der Waals surface area contributed by atoms with Crippen molar-refractivity contribution in [1.29, 1.82) is 0 Å². The Morgan fingerprint density at radius 2 is 1.82 bits per heavy atom. The fourth-order valence-corrected chi connectivity index (χ4v) is 3.36. The molecule has 0 bridgehead atoms. The van der Waals surface area contributed by atoms with E-state index in [0.29, 0.717) is 27.9 Å². The van der Waals surface area contributed by atoms with Crippen LogP contribution in [-0.2, 0) is 10.0 Å². The van der Waals surface area contributed by atoms with Crippen LogP contribution >= 0.6 is 11.6 Å². The lowest BCUT2D eigenvalue weighted by Crippen LogP contribution is -2.12. The summed E-state index contributed by atoms with van der Waals surface area (Å²) >= 11 is 5.99. The van der Waals surface area contributed by atoms with Gasteiger partial charge in [-0.05, 0) is 38.5 Å². The lowest BCUT2D eigenvalue weighted by molar-refractivity contribution is 0.454. The molecule has 0 amide bonds. The number of hydrogen-bond donors (Lipinski definition) is 1. The number of sulfonamides is 1. The van der Waals surface area contributed by atoms with Crippen LogP contribution in [-0.4, -0.2) is 34.6 Å². The molecule has 8 nitrogen and oxygen atoms in total. The van der Waals surface area contributed by atoms with Crippen LogP contribution in [0, 0.1) is 20.8 Å². The van der Waals surface area contributed by atoms with Gasteiger partial charge in [0.05, 0.1) is 23.2 Å². The van der Waals surface area contributed by atoms with E-state index in [1.807, 2.05) is 26.8 Å². The third-order valence-electron chi connectivity index (χ3n) is 3.67. The number of halogens is 1. The van der Waals surface area contributed by atoms with Crippen LogP contribution in [0.25, 0.3) is 11.4 Å². The smallest absolute Gasteiger partial charge is 0.247 e. The van der Waals surface area contributed by atoms with Crippen LogP contribution < -0.4 is 9.46 Å². The quantitative estimate of drug-likeness (QED) is 0.672. The van der Waals surface area contributed by atoms with Crippen molar-refractivity contribution in [3.63, 3.8) is 0 Å². The molecular formula is C18H18ClN5O3S. The maximum Gasteiger partial charge on any atom is 0.247 e. The molecule has 1 N–H and O–H groups in total. The normalized spacial score (nSPS) is 11.3. The summed E-state index contributed by atoms with van der Waals surface area (Å²) in [6, 6.07) is 3.52. The fraction of sp³-hybridized carbons (Fsp3) is 0.222. The van der Waals surface area contributed by atoms with Crippen LogP contribution in [0.3, 0.4) is 0 Å². The number of hydrogen-bond acceptors (Lipinski definition) is 7. The van der Waals surface area contributed by atoms with E-state index >= 15 is 0 Å².